The molecule has 0 saturated carbocycles. The second kappa shape index (κ2) is 8.68. The highest BCUT2D eigenvalue weighted by Gasteiger charge is 2.15. The minimum atomic E-state index is -0.814. The Morgan fingerprint density at radius 1 is 1.12 bits per heavy atom. The predicted molar refractivity (Wildman–Crippen MR) is 115 cm³/mol. The Balaban J connectivity index is 1.46. The van der Waals surface area contributed by atoms with Gasteiger partial charge in [0.2, 0.25) is 0 Å². The molecule has 0 aliphatic carbocycles. The zero-order valence-corrected chi connectivity index (χ0v) is 17.1. The Bertz CT molecular complexity index is 1350. The molecular weight excluding hydrogens is 417 g/mol. The summed E-state index contributed by atoms with van der Waals surface area (Å²) in [5.74, 6) is -0.858. The van der Waals surface area contributed by atoms with Crippen LogP contribution in [0.25, 0.3) is 0 Å². The van der Waals surface area contributed by atoms with E-state index < -0.39 is 17.3 Å². The van der Waals surface area contributed by atoms with E-state index in [1.54, 1.807) is 42.3 Å². The molecule has 0 spiro atoms. The van der Waals surface area contributed by atoms with Gasteiger partial charge in [-0.3, -0.25) is 14.3 Å². The van der Waals surface area contributed by atoms with E-state index in [1.807, 2.05) is 0 Å². The number of pyridine rings is 3. The number of halogens is 1. The maximum absolute atomic E-state index is 14.5. The van der Waals surface area contributed by atoms with Crippen molar-refractivity contribution in [1.82, 2.24) is 24.3 Å². The van der Waals surface area contributed by atoms with E-state index in [2.05, 4.69) is 25.7 Å². The van der Waals surface area contributed by atoms with Gasteiger partial charge in [-0.05, 0) is 18.2 Å². The van der Waals surface area contributed by atoms with Crippen LogP contribution in [0.4, 0.5) is 21.7 Å². The van der Waals surface area contributed by atoms with Crippen LogP contribution in [0.2, 0.25) is 0 Å². The molecule has 4 aromatic heterocycles. The van der Waals surface area contributed by atoms with Gasteiger partial charge in [0.25, 0.3) is 11.5 Å². The predicted octanol–water partition coefficient (Wildman–Crippen LogP) is 2.84. The largest absolute Gasteiger partial charge is 0.455 e. The fraction of sp³-hybridized carbons (Fsp3) is 0.0952. The van der Waals surface area contributed by atoms with Crippen molar-refractivity contribution in [3.05, 3.63) is 83.1 Å². The molecule has 0 aromatic carbocycles. The molecule has 0 saturated heterocycles. The van der Waals surface area contributed by atoms with Gasteiger partial charge in [-0.1, -0.05) is 0 Å². The van der Waals surface area contributed by atoms with Crippen LogP contribution in [0.5, 0.6) is 11.5 Å². The van der Waals surface area contributed by atoms with Gasteiger partial charge in [0, 0.05) is 44.8 Å². The summed E-state index contributed by atoms with van der Waals surface area (Å²) in [4.78, 5) is 32.5. The zero-order valence-electron chi connectivity index (χ0n) is 17.1. The fourth-order valence-corrected chi connectivity index (χ4v) is 2.83. The Labute approximate surface area is 181 Å². The maximum Gasteiger partial charge on any atom is 0.263 e. The van der Waals surface area contributed by atoms with Crippen molar-refractivity contribution < 1.29 is 13.9 Å². The molecule has 0 atom stereocenters. The van der Waals surface area contributed by atoms with E-state index in [9.17, 15) is 14.0 Å². The molecule has 11 heteroatoms. The van der Waals surface area contributed by atoms with Gasteiger partial charge < -0.3 is 19.9 Å². The quantitative estimate of drug-likeness (QED) is 0.478. The van der Waals surface area contributed by atoms with Crippen molar-refractivity contribution in [2.45, 2.75) is 0 Å². The monoisotopic (exact) mass is 435 g/mol. The molecule has 10 nitrogen and oxygen atoms in total. The molecule has 0 bridgehead atoms. The number of carbonyl (C=O) groups excluding carboxylic acids is 1. The zero-order chi connectivity index (χ0) is 22.7. The lowest BCUT2D eigenvalue weighted by molar-refractivity contribution is 0.102. The maximum atomic E-state index is 14.5. The summed E-state index contributed by atoms with van der Waals surface area (Å²) in [5.41, 5.74) is 0.124. The van der Waals surface area contributed by atoms with E-state index >= 15 is 0 Å². The van der Waals surface area contributed by atoms with Crippen molar-refractivity contribution in [3.8, 4) is 11.5 Å². The second-order valence-corrected chi connectivity index (χ2v) is 6.80. The molecule has 32 heavy (non-hydrogen) atoms. The summed E-state index contributed by atoms with van der Waals surface area (Å²) >= 11 is 0. The highest BCUT2D eigenvalue weighted by atomic mass is 19.1. The highest BCUT2D eigenvalue weighted by molar-refractivity contribution is 6.03. The number of amides is 1. The first-order valence-corrected chi connectivity index (χ1v) is 9.41. The number of ether oxygens (including phenoxy) is 1. The molecule has 2 N–H and O–H groups in total. The van der Waals surface area contributed by atoms with Crippen LogP contribution in [-0.2, 0) is 14.1 Å². The Morgan fingerprint density at radius 2 is 1.97 bits per heavy atom. The molecule has 4 rings (SSSR count). The van der Waals surface area contributed by atoms with Gasteiger partial charge in [0.05, 0.1) is 18.1 Å². The van der Waals surface area contributed by atoms with Crippen LogP contribution in [0, 0.1) is 5.82 Å². The van der Waals surface area contributed by atoms with Crippen molar-refractivity contribution >= 4 is 23.2 Å². The van der Waals surface area contributed by atoms with Crippen molar-refractivity contribution in [2.24, 2.45) is 14.1 Å². The number of hydrogen-bond donors (Lipinski definition) is 2. The Hall–Kier alpha value is -4.54. The van der Waals surface area contributed by atoms with E-state index in [0.717, 1.165) is 11.8 Å². The molecule has 1 amide bonds. The van der Waals surface area contributed by atoms with Crippen molar-refractivity contribution in [3.63, 3.8) is 0 Å². The highest BCUT2D eigenvalue weighted by Crippen LogP contribution is 2.26. The van der Waals surface area contributed by atoms with Crippen LogP contribution in [0.1, 0.15) is 10.4 Å². The van der Waals surface area contributed by atoms with Gasteiger partial charge in [0.1, 0.15) is 22.9 Å². The molecule has 0 radical (unpaired) electrons. The van der Waals surface area contributed by atoms with Gasteiger partial charge in [-0.2, -0.15) is 5.10 Å². The SMILES string of the molecule is Cn1cc(Nc2cc(Oc3cnc(NC(=O)c4cccn(C)c4=O)c(F)c3)ccn2)cn1. The van der Waals surface area contributed by atoms with Crippen LogP contribution in [0.15, 0.2) is 66.1 Å². The minimum absolute atomic E-state index is 0.120. The number of aryl methyl sites for hydroxylation is 2. The van der Waals surface area contributed by atoms with Crippen LogP contribution < -0.4 is 20.9 Å². The number of aromatic nitrogens is 5. The lowest BCUT2D eigenvalue weighted by atomic mass is 10.2. The number of carbonyl (C=O) groups is 1. The summed E-state index contributed by atoms with van der Waals surface area (Å²) in [6.45, 7) is 0. The second-order valence-electron chi connectivity index (χ2n) is 6.80. The topological polar surface area (TPSA) is 116 Å². The molecular formula is C21H18FN7O3. The average Bonchev–Trinajstić information content (AvgIpc) is 3.16. The summed E-state index contributed by atoms with van der Waals surface area (Å²) in [7, 11) is 3.31. The Kier molecular flexibility index (Phi) is 5.62. The Morgan fingerprint density at radius 3 is 2.72 bits per heavy atom. The number of hydrogen-bond acceptors (Lipinski definition) is 7. The molecule has 4 heterocycles. The molecule has 0 fully saturated rings. The third-order valence-electron chi connectivity index (χ3n) is 4.36. The van der Waals surface area contributed by atoms with E-state index in [4.69, 9.17) is 4.74 Å². The van der Waals surface area contributed by atoms with E-state index in [1.165, 1.54) is 36.3 Å². The number of nitrogens with zero attached hydrogens (tertiary/aromatic N) is 5. The lowest BCUT2D eigenvalue weighted by Crippen LogP contribution is -2.27. The number of nitrogens with one attached hydrogen (secondary N) is 2. The van der Waals surface area contributed by atoms with Crippen molar-refractivity contribution in [1.29, 1.82) is 0 Å². The molecule has 0 aliphatic heterocycles. The van der Waals surface area contributed by atoms with Crippen LogP contribution in [0.3, 0.4) is 0 Å². The first-order valence-electron chi connectivity index (χ1n) is 9.41. The molecule has 162 valence electrons. The molecule has 0 aliphatic rings. The lowest BCUT2D eigenvalue weighted by Gasteiger charge is -2.10. The third-order valence-corrected chi connectivity index (χ3v) is 4.36. The summed E-state index contributed by atoms with van der Waals surface area (Å²) < 4.78 is 23.1. The number of rotatable bonds is 6. The summed E-state index contributed by atoms with van der Waals surface area (Å²) in [6, 6.07) is 7.22. The van der Waals surface area contributed by atoms with Crippen LogP contribution in [-0.4, -0.2) is 30.2 Å². The fourth-order valence-electron chi connectivity index (χ4n) is 2.83. The average molecular weight is 435 g/mol. The van der Waals surface area contributed by atoms with Crippen molar-refractivity contribution in [2.75, 3.05) is 10.6 Å². The normalized spacial score (nSPS) is 10.6. The minimum Gasteiger partial charge on any atom is -0.455 e. The van der Waals surface area contributed by atoms with E-state index in [-0.39, 0.29) is 17.1 Å². The first-order chi connectivity index (χ1) is 15.4. The molecule has 0 unspecified atom stereocenters. The third kappa shape index (κ3) is 4.61. The van der Waals surface area contributed by atoms with Crippen LogP contribution >= 0.6 is 0 Å². The number of anilines is 3. The van der Waals surface area contributed by atoms with E-state index in [0.29, 0.717) is 11.6 Å². The smallest absolute Gasteiger partial charge is 0.263 e. The molecule has 4 aromatic rings. The van der Waals surface area contributed by atoms with Gasteiger partial charge in [-0.25, -0.2) is 14.4 Å². The first kappa shape index (κ1) is 20.7. The van der Waals surface area contributed by atoms with Gasteiger partial charge in [-0.15, -0.1) is 0 Å². The summed E-state index contributed by atoms with van der Waals surface area (Å²) in [5, 5.41) is 9.45. The standard InChI is InChI=1S/C21H18FN7O3/c1-28-7-3-4-16(21(28)31)20(30)27-19-17(22)8-15(11-24-19)32-14-5-6-23-18(9-14)26-13-10-25-29(2)12-13/h3-12H,1-2H3,(H,23,26)(H,24,27,30). The summed E-state index contributed by atoms with van der Waals surface area (Å²) in [6.07, 6.45) is 7.74. The van der Waals surface area contributed by atoms with Gasteiger partial charge >= 0.3 is 0 Å². The van der Waals surface area contributed by atoms with Gasteiger partial charge in [0.15, 0.2) is 11.6 Å².